The average Bonchev–Trinajstić information content (AvgIpc) is 3.10. The van der Waals surface area contributed by atoms with Crippen LogP contribution in [0.15, 0.2) is 24.3 Å². The number of ether oxygens (including phenoxy) is 3. The van der Waals surface area contributed by atoms with E-state index >= 15 is 0 Å². The number of aromatic amines is 1. The lowest BCUT2D eigenvalue weighted by atomic mass is 9.89. The number of ketones is 1. The molecule has 0 radical (unpaired) electrons. The zero-order valence-electron chi connectivity index (χ0n) is 18.7. The van der Waals surface area contributed by atoms with Crippen molar-refractivity contribution in [2.75, 3.05) is 47.1 Å². The van der Waals surface area contributed by atoms with Crippen LogP contribution in [-0.2, 0) is 14.3 Å². The number of fused-ring (bicyclic) bond motifs is 1. The Bertz CT molecular complexity index is 838. The van der Waals surface area contributed by atoms with E-state index in [1.807, 2.05) is 52.1 Å². The fourth-order valence-corrected chi connectivity index (χ4v) is 2.96. The first-order valence-corrected chi connectivity index (χ1v) is 10.3. The molecule has 2 aromatic rings. The van der Waals surface area contributed by atoms with Crippen molar-refractivity contribution in [1.29, 1.82) is 0 Å². The summed E-state index contributed by atoms with van der Waals surface area (Å²) in [6.45, 7) is 8.54. The first-order valence-electron chi connectivity index (χ1n) is 10.3. The van der Waals surface area contributed by atoms with E-state index in [9.17, 15) is 9.59 Å². The topological polar surface area (TPSA) is 80.9 Å². The summed E-state index contributed by atoms with van der Waals surface area (Å²) < 4.78 is 15.8. The van der Waals surface area contributed by atoms with Crippen LogP contribution in [-0.4, -0.2) is 68.7 Å². The zero-order valence-corrected chi connectivity index (χ0v) is 18.7. The molecule has 7 nitrogen and oxygen atoms in total. The number of hydrogen-bond acceptors (Lipinski definition) is 6. The first kappa shape index (κ1) is 23.9. The van der Waals surface area contributed by atoms with Gasteiger partial charge in [-0.15, -0.1) is 0 Å². The second-order valence-corrected chi connectivity index (χ2v) is 8.48. The smallest absolute Gasteiger partial charge is 0.305 e. The quantitative estimate of drug-likeness (QED) is 0.322. The molecule has 0 unspecified atom stereocenters. The second kappa shape index (κ2) is 11.1. The van der Waals surface area contributed by atoms with Crippen molar-refractivity contribution in [3.63, 3.8) is 0 Å². The maximum absolute atomic E-state index is 12.5. The molecule has 0 saturated heterocycles. The Kier molecular flexibility index (Phi) is 8.87. The molecule has 0 bridgehead atoms. The SMILES string of the molecule is COCCOC(=O)CCCN(C)CCOc1ccc2[nH]c(C(=O)C(C)(C)C)cc2c1. The number of rotatable bonds is 12. The first-order chi connectivity index (χ1) is 14.2. The summed E-state index contributed by atoms with van der Waals surface area (Å²) >= 11 is 0. The number of aromatic nitrogens is 1. The van der Waals surface area contributed by atoms with E-state index in [0.717, 1.165) is 36.2 Å². The van der Waals surface area contributed by atoms with Crippen LogP contribution in [0.25, 0.3) is 10.9 Å². The molecule has 2 rings (SSSR count). The number of likely N-dealkylation sites (N-methyl/N-ethyl adjacent to an activating group) is 1. The molecule has 1 heterocycles. The highest BCUT2D eigenvalue weighted by atomic mass is 16.6. The monoisotopic (exact) mass is 418 g/mol. The Morgan fingerprint density at radius 2 is 1.83 bits per heavy atom. The molecule has 0 atom stereocenters. The lowest BCUT2D eigenvalue weighted by Gasteiger charge is -2.16. The minimum Gasteiger partial charge on any atom is -0.492 e. The summed E-state index contributed by atoms with van der Waals surface area (Å²) in [5.41, 5.74) is 1.12. The molecule has 0 fully saturated rings. The van der Waals surface area contributed by atoms with Gasteiger partial charge in [0.1, 0.15) is 19.0 Å². The number of nitrogens with one attached hydrogen (secondary N) is 1. The van der Waals surface area contributed by atoms with Gasteiger partial charge in [0.05, 0.1) is 12.3 Å². The van der Waals surface area contributed by atoms with E-state index in [1.165, 1.54) is 0 Å². The molecule has 0 spiro atoms. The van der Waals surface area contributed by atoms with Crippen LogP contribution >= 0.6 is 0 Å². The van der Waals surface area contributed by atoms with Gasteiger partial charge in [-0.05, 0) is 44.3 Å². The molecule has 7 heteroatoms. The molecule has 0 aliphatic heterocycles. The highest BCUT2D eigenvalue weighted by Crippen LogP contribution is 2.26. The van der Waals surface area contributed by atoms with E-state index in [-0.39, 0.29) is 11.8 Å². The Morgan fingerprint density at radius 1 is 1.07 bits per heavy atom. The summed E-state index contributed by atoms with van der Waals surface area (Å²) in [6, 6.07) is 7.66. The number of Topliss-reactive ketones (excluding diaryl/α,β-unsaturated/α-hetero) is 1. The van der Waals surface area contributed by atoms with E-state index in [0.29, 0.717) is 31.9 Å². The number of carbonyl (C=O) groups is 2. The van der Waals surface area contributed by atoms with Crippen LogP contribution in [0.2, 0.25) is 0 Å². The number of benzene rings is 1. The molecule has 1 N–H and O–H groups in total. The lowest BCUT2D eigenvalue weighted by molar-refractivity contribution is -0.145. The minimum atomic E-state index is -0.425. The van der Waals surface area contributed by atoms with Crippen LogP contribution < -0.4 is 4.74 Å². The summed E-state index contributed by atoms with van der Waals surface area (Å²) in [5, 5.41) is 0.959. The van der Waals surface area contributed by atoms with Gasteiger partial charge in [-0.1, -0.05) is 20.8 Å². The van der Waals surface area contributed by atoms with Crippen LogP contribution in [0.3, 0.4) is 0 Å². The lowest BCUT2D eigenvalue weighted by Crippen LogP contribution is -2.26. The average molecular weight is 419 g/mol. The number of methoxy groups -OCH3 is 1. The highest BCUT2D eigenvalue weighted by Gasteiger charge is 2.24. The number of H-pyrrole nitrogens is 1. The normalized spacial score (nSPS) is 11.8. The fraction of sp³-hybridized carbons (Fsp3) is 0.565. The molecule has 1 aromatic carbocycles. The van der Waals surface area contributed by atoms with Crippen molar-refractivity contribution in [3.8, 4) is 5.75 Å². The Labute approximate surface area is 178 Å². The fourth-order valence-electron chi connectivity index (χ4n) is 2.96. The van der Waals surface area contributed by atoms with Crippen LogP contribution in [0, 0.1) is 5.41 Å². The third-order valence-electron chi connectivity index (χ3n) is 4.73. The summed E-state index contributed by atoms with van der Waals surface area (Å²) in [7, 11) is 3.58. The minimum absolute atomic E-state index is 0.0883. The van der Waals surface area contributed by atoms with E-state index < -0.39 is 5.41 Å². The third kappa shape index (κ3) is 7.46. The molecule has 1 aromatic heterocycles. The molecular formula is C23H34N2O5. The van der Waals surface area contributed by atoms with Gasteiger partial charge < -0.3 is 24.1 Å². The number of nitrogens with zero attached hydrogens (tertiary/aromatic N) is 1. The van der Waals surface area contributed by atoms with Gasteiger partial charge in [0.15, 0.2) is 5.78 Å². The Hall–Kier alpha value is -2.38. The van der Waals surface area contributed by atoms with Crippen molar-refractivity contribution >= 4 is 22.7 Å². The molecule has 0 saturated carbocycles. The maximum atomic E-state index is 12.5. The summed E-state index contributed by atoms with van der Waals surface area (Å²) in [4.78, 5) is 29.3. The highest BCUT2D eigenvalue weighted by molar-refractivity contribution is 6.02. The van der Waals surface area contributed by atoms with E-state index in [1.54, 1.807) is 7.11 Å². The van der Waals surface area contributed by atoms with Crippen molar-refractivity contribution in [3.05, 3.63) is 30.0 Å². The molecular weight excluding hydrogens is 384 g/mol. The van der Waals surface area contributed by atoms with Gasteiger partial charge in [0.25, 0.3) is 0 Å². The van der Waals surface area contributed by atoms with Crippen LogP contribution in [0.4, 0.5) is 0 Å². The van der Waals surface area contributed by atoms with Crippen LogP contribution in [0.5, 0.6) is 5.75 Å². The van der Waals surface area contributed by atoms with Crippen molar-refractivity contribution in [2.45, 2.75) is 33.6 Å². The predicted octanol–water partition coefficient (Wildman–Crippen LogP) is 3.68. The number of esters is 1. The van der Waals surface area contributed by atoms with Crippen molar-refractivity contribution < 1.29 is 23.8 Å². The van der Waals surface area contributed by atoms with Crippen molar-refractivity contribution in [2.24, 2.45) is 5.41 Å². The Balaban J connectivity index is 1.75. The maximum Gasteiger partial charge on any atom is 0.305 e. The standard InChI is InChI=1S/C23H34N2O5/c1-23(2,3)22(27)20-16-17-15-18(8-9-19(17)24-20)29-12-11-25(4)10-6-7-21(26)30-14-13-28-5/h8-9,15-16,24H,6-7,10-14H2,1-5H3. The number of carbonyl (C=O) groups excluding carboxylic acids is 2. The van der Waals surface area contributed by atoms with Gasteiger partial charge >= 0.3 is 5.97 Å². The summed E-state index contributed by atoms with van der Waals surface area (Å²) in [6.07, 6.45) is 1.14. The van der Waals surface area contributed by atoms with Gasteiger partial charge in [-0.3, -0.25) is 9.59 Å². The molecule has 0 aliphatic carbocycles. The van der Waals surface area contributed by atoms with Crippen molar-refractivity contribution in [1.82, 2.24) is 9.88 Å². The van der Waals surface area contributed by atoms with Gasteiger partial charge in [0, 0.05) is 36.4 Å². The zero-order chi connectivity index (χ0) is 22.1. The molecule has 166 valence electrons. The largest absolute Gasteiger partial charge is 0.492 e. The molecule has 0 aliphatic rings. The molecule has 0 amide bonds. The van der Waals surface area contributed by atoms with E-state index in [2.05, 4.69) is 9.88 Å². The second-order valence-electron chi connectivity index (χ2n) is 8.48. The van der Waals surface area contributed by atoms with Gasteiger partial charge in [0.2, 0.25) is 0 Å². The van der Waals surface area contributed by atoms with Gasteiger partial charge in [-0.2, -0.15) is 0 Å². The van der Waals surface area contributed by atoms with Crippen LogP contribution in [0.1, 0.15) is 44.1 Å². The van der Waals surface area contributed by atoms with E-state index in [4.69, 9.17) is 14.2 Å². The summed E-state index contributed by atoms with van der Waals surface area (Å²) in [5.74, 6) is 0.664. The van der Waals surface area contributed by atoms with Gasteiger partial charge in [-0.25, -0.2) is 0 Å². The Morgan fingerprint density at radius 3 is 2.53 bits per heavy atom. The number of hydrogen-bond donors (Lipinski definition) is 1. The third-order valence-corrected chi connectivity index (χ3v) is 4.73. The molecule has 30 heavy (non-hydrogen) atoms. The predicted molar refractivity (Wildman–Crippen MR) is 117 cm³/mol.